The van der Waals surface area contributed by atoms with Crippen molar-refractivity contribution in [3.63, 3.8) is 0 Å². The van der Waals surface area contributed by atoms with E-state index in [4.69, 9.17) is 10.8 Å². The molecule has 0 aliphatic heterocycles. The molecule has 0 bridgehead atoms. The first-order valence-electron chi connectivity index (χ1n) is 6.11. The van der Waals surface area contributed by atoms with Gasteiger partial charge in [-0.2, -0.15) is 0 Å². The standard InChI is InChI=1S/C13H23N3O4/c1-12(2,7-17)9(14)6-10(19)15-11(20)13(3,4)16(5)8-18/h6,8,17H,7,14H2,1-5H3,(H,15,19,20). The number of nitrogens with zero attached hydrogens (tertiary/aromatic N) is 1. The number of likely N-dealkylation sites (N-methyl/N-ethyl adjacent to an activating group) is 1. The second-order valence-corrected chi connectivity index (χ2v) is 5.74. The third kappa shape index (κ3) is 4.34. The van der Waals surface area contributed by atoms with Gasteiger partial charge in [0.25, 0.3) is 11.8 Å². The molecule has 0 saturated heterocycles. The molecule has 20 heavy (non-hydrogen) atoms. The van der Waals surface area contributed by atoms with Crippen molar-refractivity contribution in [2.24, 2.45) is 11.1 Å². The van der Waals surface area contributed by atoms with Gasteiger partial charge in [0, 0.05) is 24.2 Å². The van der Waals surface area contributed by atoms with Crippen LogP contribution in [0.2, 0.25) is 0 Å². The van der Waals surface area contributed by atoms with Crippen LogP contribution < -0.4 is 11.1 Å². The number of imide groups is 1. The van der Waals surface area contributed by atoms with E-state index in [1.165, 1.54) is 20.9 Å². The number of hydrogen-bond acceptors (Lipinski definition) is 5. The van der Waals surface area contributed by atoms with Gasteiger partial charge in [-0.25, -0.2) is 0 Å². The van der Waals surface area contributed by atoms with Gasteiger partial charge in [-0.15, -0.1) is 0 Å². The zero-order valence-electron chi connectivity index (χ0n) is 12.6. The van der Waals surface area contributed by atoms with Crippen molar-refractivity contribution >= 4 is 18.2 Å². The summed E-state index contributed by atoms with van der Waals surface area (Å²) in [6, 6.07) is 0. The molecule has 0 saturated carbocycles. The molecular formula is C13H23N3O4. The molecule has 0 atom stereocenters. The summed E-state index contributed by atoms with van der Waals surface area (Å²) in [4.78, 5) is 35.5. The highest BCUT2D eigenvalue weighted by molar-refractivity contribution is 6.04. The first-order chi connectivity index (χ1) is 8.98. The normalized spacial score (nSPS) is 12.8. The molecule has 0 spiro atoms. The van der Waals surface area contributed by atoms with Gasteiger partial charge < -0.3 is 15.7 Å². The molecule has 0 aromatic carbocycles. The summed E-state index contributed by atoms with van der Waals surface area (Å²) in [6.45, 7) is 6.12. The molecule has 4 N–H and O–H groups in total. The van der Waals surface area contributed by atoms with Crippen LogP contribution in [0.15, 0.2) is 11.8 Å². The van der Waals surface area contributed by atoms with E-state index < -0.39 is 22.8 Å². The Morgan fingerprint density at radius 3 is 2.20 bits per heavy atom. The highest BCUT2D eigenvalue weighted by Gasteiger charge is 2.32. The maximum atomic E-state index is 11.9. The highest BCUT2D eigenvalue weighted by atomic mass is 16.3. The number of amides is 3. The van der Waals surface area contributed by atoms with Crippen molar-refractivity contribution in [2.75, 3.05) is 13.7 Å². The number of aliphatic hydroxyl groups is 1. The van der Waals surface area contributed by atoms with Gasteiger partial charge in [0.05, 0.1) is 6.61 Å². The Hall–Kier alpha value is -1.89. The molecule has 0 aliphatic rings. The number of carbonyl (C=O) groups is 3. The fourth-order valence-electron chi connectivity index (χ4n) is 1.02. The fourth-order valence-corrected chi connectivity index (χ4v) is 1.02. The van der Waals surface area contributed by atoms with Gasteiger partial charge in [-0.3, -0.25) is 19.7 Å². The van der Waals surface area contributed by atoms with Gasteiger partial charge >= 0.3 is 0 Å². The summed E-state index contributed by atoms with van der Waals surface area (Å²) in [5.41, 5.74) is 3.94. The van der Waals surface area contributed by atoms with Gasteiger partial charge in [0.2, 0.25) is 6.41 Å². The quantitative estimate of drug-likeness (QED) is 0.444. The van der Waals surface area contributed by atoms with Crippen molar-refractivity contribution in [2.45, 2.75) is 33.2 Å². The Morgan fingerprint density at radius 2 is 1.80 bits per heavy atom. The Balaban J connectivity index is 4.91. The van der Waals surface area contributed by atoms with E-state index >= 15 is 0 Å². The van der Waals surface area contributed by atoms with Crippen LogP contribution in [0, 0.1) is 5.41 Å². The molecule has 3 amide bonds. The molecule has 7 heteroatoms. The maximum absolute atomic E-state index is 11.9. The SMILES string of the molecule is CN(C=O)C(C)(C)C(=O)NC(=O)C=C(N)C(C)(C)CO. The van der Waals surface area contributed by atoms with Crippen LogP contribution in [0.5, 0.6) is 0 Å². The van der Waals surface area contributed by atoms with E-state index in [-0.39, 0.29) is 12.3 Å². The van der Waals surface area contributed by atoms with Crippen LogP contribution in [-0.4, -0.2) is 47.4 Å². The predicted octanol–water partition coefficient (Wildman–Crippen LogP) is -0.643. The van der Waals surface area contributed by atoms with Gasteiger partial charge in [0.1, 0.15) is 5.54 Å². The van der Waals surface area contributed by atoms with E-state index in [0.29, 0.717) is 6.41 Å². The van der Waals surface area contributed by atoms with E-state index in [2.05, 4.69) is 5.32 Å². The monoisotopic (exact) mass is 285 g/mol. The number of nitrogens with one attached hydrogen (secondary N) is 1. The van der Waals surface area contributed by atoms with Crippen LogP contribution in [0.3, 0.4) is 0 Å². The smallest absolute Gasteiger partial charge is 0.252 e. The summed E-state index contributed by atoms with van der Waals surface area (Å²) < 4.78 is 0. The molecule has 114 valence electrons. The molecule has 0 heterocycles. The number of carbonyl (C=O) groups excluding carboxylic acids is 3. The lowest BCUT2D eigenvalue weighted by atomic mass is 9.90. The van der Waals surface area contributed by atoms with Gasteiger partial charge in [0.15, 0.2) is 0 Å². The average molecular weight is 285 g/mol. The Bertz CT molecular complexity index is 427. The van der Waals surface area contributed by atoms with Crippen molar-refractivity contribution < 1.29 is 19.5 Å². The molecule has 0 radical (unpaired) electrons. The number of hydrogen-bond donors (Lipinski definition) is 3. The largest absolute Gasteiger partial charge is 0.401 e. The maximum Gasteiger partial charge on any atom is 0.252 e. The third-order valence-corrected chi connectivity index (χ3v) is 3.30. The van der Waals surface area contributed by atoms with Crippen LogP contribution in [0.1, 0.15) is 27.7 Å². The zero-order chi connectivity index (χ0) is 16.1. The van der Waals surface area contributed by atoms with Crippen LogP contribution in [0.25, 0.3) is 0 Å². The van der Waals surface area contributed by atoms with E-state index in [9.17, 15) is 14.4 Å². The third-order valence-electron chi connectivity index (χ3n) is 3.30. The van der Waals surface area contributed by atoms with Crippen LogP contribution in [-0.2, 0) is 14.4 Å². The molecule has 0 aromatic rings. The lowest BCUT2D eigenvalue weighted by molar-refractivity contribution is -0.140. The molecular weight excluding hydrogens is 262 g/mol. The Kier molecular flexibility index (Phi) is 5.90. The first-order valence-corrected chi connectivity index (χ1v) is 6.11. The molecule has 0 rings (SSSR count). The van der Waals surface area contributed by atoms with Crippen molar-refractivity contribution in [3.8, 4) is 0 Å². The lowest BCUT2D eigenvalue weighted by Gasteiger charge is -2.30. The lowest BCUT2D eigenvalue weighted by Crippen LogP contribution is -2.54. The Morgan fingerprint density at radius 1 is 1.30 bits per heavy atom. The molecule has 0 aliphatic carbocycles. The molecule has 0 fully saturated rings. The van der Waals surface area contributed by atoms with E-state index in [1.807, 2.05) is 0 Å². The summed E-state index contributed by atoms with van der Waals surface area (Å²) in [7, 11) is 1.44. The molecule has 0 aromatic heterocycles. The predicted molar refractivity (Wildman–Crippen MR) is 74.2 cm³/mol. The summed E-state index contributed by atoms with van der Waals surface area (Å²) in [5.74, 6) is -1.32. The van der Waals surface area contributed by atoms with Crippen molar-refractivity contribution in [1.29, 1.82) is 0 Å². The minimum Gasteiger partial charge on any atom is -0.401 e. The number of nitrogens with two attached hydrogens (primary N) is 1. The Labute approximate surface area is 118 Å². The topological polar surface area (TPSA) is 113 Å². The van der Waals surface area contributed by atoms with Gasteiger partial charge in [-0.1, -0.05) is 13.8 Å². The molecule has 7 nitrogen and oxygen atoms in total. The second-order valence-electron chi connectivity index (χ2n) is 5.74. The zero-order valence-corrected chi connectivity index (χ0v) is 12.6. The minimum atomic E-state index is -1.16. The fraction of sp³-hybridized carbons (Fsp3) is 0.615. The van der Waals surface area contributed by atoms with Crippen LogP contribution >= 0.6 is 0 Å². The van der Waals surface area contributed by atoms with Crippen molar-refractivity contribution in [1.82, 2.24) is 10.2 Å². The summed E-state index contributed by atoms with van der Waals surface area (Å²) in [5, 5.41) is 11.3. The summed E-state index contributed by atoms with van der Waals surface area (Å²) >= 11 is 0. The van der Waals surface area contributed by atoms with Crippen molar-refractivity contribution in [3.05, 3.63) is 11.8 Å². The first kappa shape index (κ1) is 18.1. The molecule has 0 unspecified atom stereocenters. The van der Waals surface area contributed by atoms with Gasteiger partial charge in [-0.05, 0) is 13.8 Å². The average Bonchev–Trinajstić information content (AvgIpc) is 2.36. The second kappa shape index (κ2) is 6.51. The number of rotatable bonds is 6. The minimum absolute atomic E-state index is 0.159. The van der Waals surface area contributed by atoms with E-state index in [0.717, 1.165) is 11.0 Å². The van der Waals surface area contributed by atoms with Crippen LogP contribution in [0.4, 0.5) is 0 Å². The highest BCUT2D eigenvalue weighted by Crippen LogP contribution is 2.20. The number of aliphatic hydroxyl groups excluding tert-OH is 1. The van der Waals surface area contributed by atoms with E-state index in [1.54, 1.807) is 13.8 Å². The summed E-state index contributed by atoms with van der Waals surface area (Å²) in [6.07, 6.45) is 1.56.